The largest absolute Gasteiger partial charge is 0.490 e. The average Bonchev–Trinajstić information content (AvgIpc) is 3.07. The summed E-state index contributed by atoms with van der Waals surface area (Å²) in [7, 11) is 0. The molecule has 170 valence electrons. The fourth-order valence-corrected chi connectivity index (χ4v) is 4.94. The highest BCUT2D eigenvalue weighted by Crippen LogP contribution is 2.33. The SMILES string of the molecule is O=C(CSc1ccccc1C(=O)Nc1ccc2c(c1)OCCCO2)NCC1CCCCC1. The third-order valence-electron chi connectivity index (χ3n) is 5.81. The van der Waals surface area contributed by atoms with Gasteiger partial charge in [0.2, 0.25) is 5.91 Å². The molecule has 0 atom stereocenters. The Morgan fingerprint density at radius 1 is 0.938 bits per heavy atom. The number of fused-ring (bicyclic) bond motifs is 1. The molecular formula is C25H30N2O4S. The zero-order valence-corrected chi connectivity index (χ0v) is 19.0. The van der Waals surface area contributed by atoms with Crippen LogP contribution in [0.1, 0.15) is 48.9 Å². The molecule has 1 saturated carbocycles. The summed E-state index contributed by atoms with van der Waals surface area (Å²) in [5.41, 5.74) is 1.19. The minimum absolute atomic E-state index is 0.0127. The third kappa shape index (κ3) is 6.19. The summed E-state index contributed by atoms with van der Waals surface area (Å²) < 4.78 is 11.4. The molecule has 1 aliphatic heterocycles. The van der Waals surface area contributed by atoms with Crippen molar-refractivity contribution >= 4 is 29.3 Å². The highest BCUT2D eigenvalue weighted by atomic mass is 32.2. The van der Waals surface area contributed by atoms with Gasteiger partial charge in [-0.25, -0.2) is 0 Å². The van der Waals surface area contributed by atoms with Gasteiger partial charge < -0.3 is 20.1 Å². The van der Waals surface area contributed by atoms with E-state index in [1.807, 2.05) is 24.3 Å². The molecule has 0 aromatic heterocycles. The fourth-order valence-electron chi connectivity index (χ4n) is 4.06. The van der Waals surface area contributed by atoms with Crippen LogP contribution < -0.4 is 20.1 Å². The van der Waals surface area contributed by atoms with Crippen LogP contribution in [0.4, 0.5) is 5.69 Å². The topological polar surface area (TPSA) is 76.7 Å². The van der Waals surface area contributed by atoms with Gasteiger partial charge in [-0.2, -0.15) is 0 Å². The number of thioether (sulfide) groups is 1. The number of rotatable bonds is 7. The molecule has 7 heteroatoms. The number of ether oxygens (including phenoxy) is 2. The second-order valence-electron chi connectivity index (χ2n) is 8.26. The quantitative estimate of drug-likeness (QED) is 0.583. The van der Waals surface area contributed by atoms with Crippen LogP contribution in [-0.2, 0) is 4.79 Å². The van der Waals surface area contributed by atoms with E-state index in [1.165, 1.54) is 43.9 Å². The van der Waals surface area contributed by atoms with Crippen molar-refractivity contribution in [1.29, 1.82) is 0 Å². The van der Waals surface area contributed by atoms with E-state index in [4.69, 9.17) is 9.47 Å². The lowest BCUT2D eigenvalue weighted by atomic mass is 9.89. The van der Waals surface area contributed by atoms with Crippen LogP contribution in [-0.4, -0.2) is 37.3 Å². The first-order valence-electron chi connectivity index (χ1n) is 11.4. The van der Waals surface area contributed by atoms with E-state index in [1.54, 1.807) is 18.2 Å². The molecule has 2 aliphatic rings. The van der Waals surface area contributed by atoms with Crippen LogP contribution >= 0.6 is 11.8 Å². The Hall–Kier alpha value is -2.67. The van der Waals surface area contributed by atoms with Gasteiger partial charge in [-0.05, 0) is 43.0 Å². The molecule has 0 saturated heterocycles. The first-order valence-corrected chi connectivity index (χ1v) is 12.4. The van der Waals surface area contributed by atoms with Gasteiger partial charge in [0.1, 0.15) is 0 Å². The smallest absolute Gasteiger partial charge is 0.256 e. The van der Waals surface area contributed by atoms with Crippen LogP contribution in [0.15, 0.2) is 47.4 Å². The van der Waals surface area contributed by atoms with Crippen LogP contribution in [0.3, 0.4) is 0 Å². The Balaban J connectivity index is 1.33. The highest BCUT2D eigenvalue weighted by molar-refractivity contribution is 8.00. The molecule has 6 nitrogen and oxygen atoms in total. The Bertz CT molecular complexity index is 943. The first kappa shape index (κ1) is 22.5. The number of carbonyl (C=O) groups excluding carboxylic acids is 2. The van der Waals surface area contributed by atoms with E-state index in [-0.39, 0.29) is 11.8 Å². The molecule has 1 fully saturated rings. The van der Waals surface area contributed by atoms with E-state index < -0.39 is 0 Å². The van der Waals surface area contributed by atoms with Crippen molar-refractivity contribution in [1.82, 2.24) is 5.32 Å². The fraction of sp³-hybridized carbons (Fsp3) is 0.440. The summed E-state index contributed by atoms with van der Waals surface area (Å²) in [6, 6.07) is 12.8. The van der Waals surface area contributed by atoms with Crippen LogP contribution in [0.2, 0.25) is 0 Å². The van der Waals surface area contributed by atoms with Gasteiger partial charge in [0, 0.05) is 29.6 Å². The van der Waals surface area contributed by atoms with Gasteiger partial charge in [-0.15, -0.1) is 11.8 Å². The molecule has 1 heterocycles. The van der Waals surface area contributed by atoms with Gasteiger partial charge in [0.15, 0.2) is 11.5 Å². The summed E-state index contributed by atoms with van der Waals surface area (Å²) in [6.45, 7) is 1.97. The molecule has 0 bridgehead atoms. The minimum Gasteiger partial charge on any atom is -0.490 e. The maximum absolute atomic E-state index is 13.0. The molecule has 4 rings (SSSR count). The van der Waals surface area contributed by atoms with Crippen LogP contribution in [0.5, 0.6) is 11.5 Å². The molecule has 32 heavy (non-hydrogen) atoms. The molecule has 0 radical (unpaired) electrons. The van der Waals surface area contributed by atoms with Gasteiger partial charge in [-0.3, -0.25) is 9.59 Å². The monoisotopic (exact) mass is 454 g/mol. The minimum atomic E-state index is -0.217. The number of carbonyl (C=O) groups is 2. The lowest BCUT2D eigenvalue weighted by Crippen LogP contribution is -2.31. The van der Waals surface area contributed by atoms with E-state index in [0.29, 0.717) is 47.6 Å². The molecule has 0 spiro atoms. The van der Waals surface area contributed by atoms with Crippen LogP contribution in [0.25, 0.3) is 0 Å². The summed E-state index contributed by atoms with van der Waals surface area (Å²) in [5.74, 6) is 2.02. The standard InChI is InChI=1S/C25H30N2O4S/c28-24(26-16-18-7-2-1-3-8-18)17-32-23-10-5-4-9-20(23)25(29)27-19-11-12-21-22(15-19)31-14-6-13-30-21/h4-5,9-12,15,18H,1-3,6-8,13-14,16-17H2,(H,26,28)(H,27,29). The summed E-state index contributed by atoms with van der Waals surface area (Å²) in [6.07, 6.45) is 7.08. The normalized spacial score (nSPS) is 16.1. The number of hydrogen-bond acceptors (Lipinski definition) is 5. The number of benzene rings is 2. The maximum Gasteiger partial charge on any atom is 0.256 e. The van der Waals surface area contributed by atoms with Crippen molar-refractivity contribution in [2.45, 2.75) is 43.4 Å². The predicted molar refractivity (Wildman–Crippen MR) is 127 cm³/mol. The van der Waals surface area contributed by atoms with Crippen molar-refractivity contribution in [2.24, 2.45) is 5.92 Å². The van der Waals surface area contributed by atoms with Crippen LogP contribution in [0, 0.1) is 5.92 Å². The van der Waals surface area contributed by atoms with E-state index >= 15 is 0 Å². The predicted octanol–water partition coefficient (Wildman–Crippen LogP) is 4.89. The Morgan fingerprint density at radius 3 is 2.56 bits per heavy atom. The van der Waals surface area contributed by atoms with E-state index in [2.05, 4.69) is 10.6 Å². The Kier molecular flexibility index (Phi) is 7.93. The summed E-state index contributed by atoms with van der Waals surface area (Å²) >= 11 is 1.39. The van der Waals surface area contributed by atoms with Gasteiger partial charge >= 0.3 is 0 Å². The second-order valence-corrected chi connectivity index (χ2v) is 9.28. The molecule has 1 aliphatic carbocycles. The lowest BCUT2D eigenvalue weighted by Gasteiger charge is -2.21. The molecule has 2 N–H and O–H groups in total. The molecular weight excluding hydrogens is 424 g/mol. The molecule has 2 amide bonds. The van der Waals surface area contributed by atoms with Crippen molar-refractivity contribution in [2.75, 3.05) is 30.8 Å². The maximum atomic E-state index is 13.0. The molecule has 2 aromatic rings. The van der Waals surface area contributed by atoms with E-state index in [9.17, 15) is 9.59 Å². The average molecular weight is 455 g/mol. The van der Waals surface area contributed by atoms with Gasteiger partial charge in [0.05, 0.1) is 24.5 Å². The van der Waals surface area contributed by atoms with Crippen molar-refractivity contribution in [3.63, 3.8) is 0 Å². The summed E-state index contributed by atoms with van der Waals surface area (Å²) in [4.78, 5) is 26.1. The van der Waals surface area contributed by atoms with Crippen molar-refractivity contribution in [3.05, 3.63) is 48.0 Å². The Morgan fingerprint density at radius 2 is 1.72 bits per heavy atom. The third-order valence-corrected chi connectivity index (χ3v) is 6.88. The highest BCUT2D eigenvalue weighted by Gasteiger charge is 2.17. The van der Waals surface area contributed by atoms with Gasteiger partial charge in [-0.1, -0.05) is 31.4 Å². The zero-order chi connectivity index (χ0) is 22.2. The number of hydrogen-bond donors (Lipinski definition) is 2. The molecule has 0 unspecified atom stereocenters. The van der Waals surface area contributed by atoms with Gasteiger partial charge in [0.25, 0.3) is 5.91 Å². The zero-order valence-electron chi connectivity index (χ0n) is 18.2. The number of anilines is 1. The Labute approximate surface area is 193 Å². The summed E-state index contributed by atoms with van der Waals surface area (Å²) in [5, 5.41) is 6.00. The number of nitrogens with one attached hydrogen (secondary N) is 2. The first-order chi connectivity index (χ1) is 15.7. The lowest BCUT2D eigenvalue weighted by molar-refractivity contribution is -0.118. The number of amides is 2. The molecule has 2 aromatic carbocycles. The van der Waals surface area contributed by atoms with Crippen molar-refractivity contribution < 1.29 is 19.1 Å². The second kappa shape index (κ2) is 11.3. The van der Waals surface area contributed by atoms with Crippen molar-refractivity contribution in [3.8, 4) is 11.5 Å². The van der Waals surface area contributed by atoms with E-state index in [0.717, 1.165) is 17.9 Å².